The molecule has 0 saturated carbocycles. The minimum atomic E-state index is -0.710. The molecule has 1 amide bonds. The van der Waals surface area contributed by atoms with E-state index in [9.17, 15) is 9.90 Å². The number of rotatable bonds is 4. The van der Waals surface area contributed by atoms with E-state index in [0.717, 1.165) is 17.7 Å². The predicted octanol–water partition coefficient (Wildman–Crippen LogP) is 3.41. The molecule has 1 atom stereocenters. The highest BCUT2D eigenvalue weighted by Gasteiger charge is 2.45. The molecule has 0 saturated heterocycles. The van der Waals surface area contributed by atoms with E-state index in [1.165, 1.54) is 18.7 Å². The van der Waals surface area contributed by atoms with Crippen molar-refractivity contribution >= 4 is 39.3 Å². The van der Waals surface area contributed by atoms with Crippen molar-refractivity contribution < 1.29 is 24.1 Å². The summed E-state index contributed by atoms with van der Waals surface area (Å²) in [4.78, 5) is 18.8. The van der Waals surface area contributed by atoms with Crippen molar-refractivity contribution in [3.8, 4) is 28.6 Å². The Hall–Kier alpha value is -2.85. The molecule has 0 bridgehead atoms. The van der Waals surface area contributed by atoms with Crippen LogP contribution >= 0.6 is 27.7 Å². The Morgan fingerprint density at radius 3 is 2.81 bits per heavy atom. The number of nitrogens with zero attached hydrogens (tertiary/aromatic N) is 4. The fraction of sp³-hybridized carbons (Fsp3) is 0.273. The average Bonchev–Trinajstić information content (AvgIpc) is 3.23. The number of thioether (sulfide) groups is 1. The van der Waals surface area contributed by atoms with Gasteiger partial charge in [-0.1, -0.05) is 51.4 Å². The van der Waals surface area contributed by atoms with Crippen molar-refractivity contribution in [1.82, 2.24) is 10.1 Å². The Morgan fingerprint density at radius 1 is 1.31 bits per heavy atom. The number of carbonyl (C=O) groups is 1. The highest BCUT2D eigenvalue weighted by Crippen LogP contribution is 2.45. The number of fused-ring (bicyclic) bond motifs is 4. The lowest BCUT2D eigenvalue weighted by Gasteiger charge is -2.33. The largest absolute Gasteiger partial charge is 0.854 e. The minimum Gasteiger partial charge on any atom is -0.854 e. The summed E-state index contributed by atoms with van der Waals surface area (Å²) in [5.74, 6) is 1.41. The summed E-state index contributed by atoms with van der Waals surface area (Å²) in [6.45, 7) is 3.68. The second kappa shape index (κ2) is 8.25. The molecule has 0 fully saturated rings. The summed E-state index contributed by atoms with van der Waals surface area (Å²) in [6, 6.07) is 10.9. The molecule has 8 nitrogen and oxygen atoms in total. The quantitative estimate of drug-likeness (QED) is 0.389. The van der Waals surface area contributed by atoms with Crippen LogP contribution in [0.5, 0.6) is 17.4 Å². The molecule has 0 aliphatic carbocycles. The van der Waals surface area contributed by atoms with Crippen LogP contribution < -0.4 is 24.2 Å². The van der Waals surface area contributed by atoms with Crippen LogP contribution in [0.4, 0.5) is 5.69 Å². The molecular formula is C22H19BrN4O4S. The molecule has 3 aromatic rings. The lowest BCUT2D eigenvalue weighted by molar-refractivity contribution is -0.764. The molecule has 10 heteroatoms. The number of ether oxygens (including phenoxy) is 2. The van der Waals surface area contributed by atoms with Gasteiger partial charge in [-0.3, -0.25) is 4.79 Å². The number of halogens is 1. The lowest BCUT2D eigenvalue weighted by atomic mass is 10.0. The Bertz CT molecular complexity index is 1240. The summed E-state index contributed by atoms with van der Waals surface area (Å²) in [5, 5.41) is 18.3. The molecule has 5 rings (SSSR count). The summed E-state index contributed by atoms with van der Waals surface area (Å²) >= 11 is 5.04. The summed E-state index contributed by atoms with van der Waals surface area (Å²) in [7, 11) is 0. The van der Waals surface area contributed by atoms with Gasteiger partial charge in [-0.05, 0) is 30.7 Å². The molecule has 3 heterocycles. The van der Waals surface area contributed by atoms with Gasteiger partial charge in [-0.2, -0.15) is 0 Å². The number of anilines is 1. The van der Waals surface area contributed by atoms with E-state index < -0.39 is 6.17 Å². The van der Waals surface area contributed by atoms with Crippen LogP contribution in [0.1, 0.15) is 32.0 Å². The van der Waals surface area contributed by atoms with Crippen LogP contribution in [0.15, 0.2) is 46.0 Å². The van der Waals surface area contributed by atoms with Gasteiger partial charge in [0.25, 0.3) is 17.0 Å². The molecule has 164 valence electrons. The first-order valence-corrected chi connectivity index (χ1v) is 11.9. The van der Waals surface area contributed by atoms with Crippen molar-refractivity contribution in [2.24, 2.45) is 0 Å². The van der Waals surface area contributed by atoms with E-state index in [2.05, 4.69) is 27.8 Å². The molecule has 0 radical (unpaired) electrons. The normalized spacial score (nSPS) is 16.0. The van der Waals surface area contributed by atoms with Gasteiger partial charge in [0.1, 0.15) is 0 Å². The van der Waals surface area contributed by atoms with Crippen LogP contribution in [0.25, 0.3) is 11.3 Å². The van der Waals surface area contributed by atoms with Crippen molar-refractivity contribution in [1.29, 1.82) is 0 Å². The van der Waals surface area contributed by atoms with Gasteiger partial charge < -0.3 is 14.6 Å². The summed E-state index contributed by atoms with van der Waals surface area (Å²) in [6.07, 6.45) is 0.210. The van der Waals surface area contributed by atoms with Gasteiger partial charge in [-0.25, -0.2) is 9.88 Å². The maximum Gasteiger partial charge on any atom is 0.294 e. The lowest BCUT2D eigenvalue weighted by Crippen LogP contribution is -2.58. The average molecular weight is 515 g/mol. The molecule has 2 aliphatic rings. The molecule has 1 aromatic heterocycles. The van der Waals surface area contributed by atoms with Gasteiger partial charge in [0, 0.05) is 22.2 Å². The third-order valence-corrected chi connectivity index (χ3v) is 6.99. The molecule has 0 N–H and O–H groups in total. The van der Waals surface area contributed by atoms with Crippen LogP contribution in [0.3, 0.4) is 0 Å². The summed E-state index contributed by atoms with van der Waals surface area (Å²) in [5.41, 5.74) is 2.31. The van der Waals surface area contributed by atoms with Crippen LogP contribution in [0, 0.1) is 0 Å². The van der Waals surface area contributed by atoms with Crippen molar-refractivity contribution in [3.63, 3.8) is 0 Å². The summed E-state index contributed by atoms with van der Waals surface area (Å²) < 4.78 is 13.4. The molecule has 1 unspecified atom stereocenters. The Labute approximate surface area is 197 Å². The topological polar surface area (TPSA) is 91.5 Å². The number of hydrogen-bond donors (Lipinski definition) is 0. The van der Waals surface area contributed by atoms with E-state index in [-0.39, 0.29) is 18.6 Å². The van der Waals surface area contributed by atoms with E-state index >= 15 is 0 Å². The first kappa shape index (κ1) is 21.0. The first-order valence-electron chi connectivity index (χ1n) is 10.1. The predicted molar refractivity (Wildman–Crippen MR) is 120 cm³/mol. The number of hydrogen-bond acceptors (Lipinski definition) is 7. The van der Waals surface area contributed by atoms with Crippen molar-refractivity contribution in [2.75, 3.05) is 17.4 Å². The van der Waals surface area contributed by atoms with E-state index in [0.29, 0.717) is 38.1 Å². The van der Waals surface area contributed by atoms with Crippen molar-refractivity contribution in [2.45, 2.75) is 31.6 Å². The highest BCUT2D eigenvalue weighted by molar-refractivity contribution is 9.10. The number of carbonyl (C=O) groups excluding carboxylic acids is 1. The molecule has 0 spiro atoms. The molecule has 2 aliphatic heterocycles. The smallest absolute Gasteiger partial charge is 0.294 e. The minimum absolute atomic E-state index is 0.129. The van der Waals surface area contributed by atoms with Gasteiger partial charge in [0.15, 0.2) is 11.5 Å². The second-order valence-electron chi connectivity index (χ2n) is 7.35. The van der Waals surface area contributed by atoms with Crippen LogP contribution in [-0.2, 0) is 4.79 Å². The highest BCUT2D eigenvalue weighted by atomic mass is 79.9. The number of amides is 1. The zero-order valence-corrected chi connectivity index (χ0v) is 19.8. The van der Waals surface area contributed by atoms with Gasteiger partial charge in [-0.15, -0.1) is 0 Å². The van der Waals surface area contributed by atoms with E-state index in [4.69, 9.17) is 14.6 Å². The number of aromatic nitrogens is 3. The molecule has 32 heavy (non-hydrogen) atoms. The number of para-hydroxylation sites is 1. The second-order valence-corrected chi connectivity index (χ2v) is 9.26. The van der Waals surface area contributed by atoms with E-state index in [1.807, 2.05) is 36.4 Å². The van der Waals surface area contributed by atoms with Gasteiger partial charge in [0.2, 0.25) is 12.7 Å². The molecule has 2 aromatic carbocycles. The van der Waals surface area contributed by atoms with Gasteiger partial charge >= 0.3 is 0 Å². The fourth-order valence-corrected chi connectivity index (χ4v) is 5.15. The standard InChI is InChI=1S/C22H19BrN4O4S/c1-3-8-32-22-24-20(29)19-13-6-4-5-7-16(13)26(12(2)28)21(27(19)25-22)14-9-17-18(10-15(14)23)31-11-30-17/h4-7,9-10,21H,3,8,11H2,1-2H3. The van der Waals surface area contributed by atoms with Crippen LogP contribution in [0.2, 0.25) is 0 Å². The SMILES string of the molecule is CCCSc1nc([O-])c2[n+](n1)C(c1cc3c(cc1Br)OCO3)N(C(C)=O)c1ccccc1-2. The zero-order chi connectivity index (χ0) is 22.4. The Balaban J connectivity index is 1.80. The third-order valence-electron chi connectivity index (χ3n) is 5.26. The fourth-order valence-electron chi connectivity index (χ4n) is 3.94. The molecular weight excluding hydrogens is 496 g/mol. The monoisotopic (exact) mass is 514 g/mol. The third kappa shape index (κ3) is 3.38. The maximum absolute atomic E-state index is 13.2. The maximum atomic E-state index is 13.2. The Morgan fingerprint density at radius 2 is 2.06 bits per heavy atom. The van der Waals surface area contributed by atoms with Crippen molar-refractivity contribution in [3.05, 3.63) is 46.4 Å². The zero-order valence-electron chi connectivity index (χ0n) is 17.4. The van der Waals surface area contributed by atoms with E-state index in [1.54, 1.807) is 9.58 Å². The first-order chi connectivity index (χ1) is 15.5. The van der Waals surface area contributed by atoms with Crippen LogP contribution in [-0.4, -0.2) is 28.5 Å². The Kier molecular flexibility index (Phi) is 5.42. The number of benzene rings is 2. The van der Waals surface area contributed by atoms with Gasteiger partial charge in [0.05, 0.1) is 22.7 Å².